The number of halogens is 3. The van der Waals surface area contributed by atoms with Gasteiger partial charge in [0.25, 0.3) is 0 Å². The third kappa shape index (κ3) is 3.65. The van der Waals surface area contributed by atoms with E-state index in [1.165, 1.54) is 18.2 Å². The summed E-state index contributed by atoms with van der Waals surface area (Å²) < 4.78 is 28.8. The third-order valence-corrected chi connectivity index (χ3v) is 4.36. The van der Waals surface area contributed by atoms with Gasteiger partial charge in [-0.25, -0.2) is 13.6 Å². The summed E-state index contributed by atoms with van der Waals surface area (Å²) in [7, 11) is -3.80. The lowest BCUT2D eigenvalue weighted by Crippen LogP contribution is -2.11. The quantitative estimate of drug-likeness (QED) is 0.845. The smallest absolute Gasteiger partial charge is 0.238 e. The molecule has 0 saturated carbocycles. The minimum absolute atomic E-state index is 0.0878. The van der Waals surface area contributed by atoms with Crippen LogP contribution in [0, 0.1) is 0 Å². The monoisotopic (exact) mass is 395 g/mol. The minimum Gasteiger partial charge on any atom is -0.454 e. The molecule has 2 aromatic rings. The highest BCUT2D eigenvalue weighted by molar-refractivity contribution is 9.10. The first-order chi connectivity index (χ1) is 9.27. The van der Waals surface area contributed by atoms with Gasteiger partial charge in [-0.3, -0.25) is 0 Å². The van der Waals surface area contributed by atoms with Gasteiger partial charge in [-0.15, -0.1) is 0 Å². The van der Waals surface area contributed by atoms with E-state index in [-0.39, 0.29) is 15.7 Å². The standard InChI is InChI=1S/C12H8BrCl2NO3S/c13-7-1-3-9(14)12(5-7)19-11-4-2-8(6-10(11)15)20(16,17)18/h1-6H,(H2,16,17,18). The molecule has 0 aliphatic heterocycles. The largest absolute Gasteiger partial charge is 0.454 e. The van der Waals surface area contributed by atoms with Crippen molar-refractivity contribution in [3.8, 4) is 11.5 Å². The lowest BCUT2D eigenvalue weighted by molar-refractivity contribution is 0.482. The van der Waals surface area contributed by atoms with E-state index in [4.69, 9.17) is 33.1 Å². The molecule has 0 spiro atoms. The molecular formula is C12H8BrCl2NO3S. The number of sulfonamides is 1. The van der Waals surface area contributed by atoms with Gasteiger partial charge < -0.3 is 4.74 Å². The SMILES string of the molecule is NS(=O)(=O)c1ccc(Oc2cc(Br)ccc2Cl)c(Cl)c1. The molecule has 0 unspecified atom stereocenters. The van der Waals surface area contributed by atoms with E-state index in [0.717, 1.165) is 4.47 Å². The highest BCUT2D eigenvalue weighted by atomic mass is 79.9. The zero-order valence-corrected chi connectivity index (χ0v) is 13.7. The maximum Gasteiger partial charge on any atom is 0.238 e. The lowest BCUT2D eigenvalue weighted by Gasteiger charge is -2.10. The van der Waals surface area contributed by atoms with Crippen molar-refractivity contribution < 1.29 is 13.2 Å². The number of hydrogen-bond donors (Lipinski definition) is 1. The van der Waals surface area contributed by atoms with Crippen molar-refractivity contribution in [2.45, 2.75) is 4.90 Å². The number of benzene rings is 2. The van der Waals surface area contributed by atoms with Crippen LogP contribution >= 0.6 is 39.1 Å². The van der Waals surface area contributed by atoms with Crippen LogP contribution in [-0.2, 0) is 10.0 Å². The third-order valence-electron chi connectivity index (χ3n) is 2.35. The molecule has 0 saturated heterocycles. The Labute approximate surface area is 134 Å². The van der Waals surface area contributed by atoms with Gasteiger partial charge in [0, 0.05) is 4.47 Å². The van der Waals surface area contributed by atoms with Crippen LogP contribution in [0.4, 0.5) is 0 Å². The molecule has 2 aromatic carbocycles. The second-order valence-corrected chi connectivity index (χ2v) is 7.11. The molecule has 20 heavy (non-hydrogen) atoms. The summed E-state index contributed by atoms with van der Waals surface area (Å²) in [5.74, 6) is 0.672. The van der Waals surface area contributed by atoms with Crippen molar-refractivity contribution in [3.63, 3.8) is 0 Å². The number of nitrogens with two attached hydrogens (primary N) is 1. The second kappa shape index (κ2) is 5.91. The van der Waals surface area contributed by atoms with Gasteiger partial charge in [0.2, 0.25) is 10.0 Å². The van der Waals surface area contributed by atoms with Gasteiger partial charge in [0.1, 0.15) is 11.5 Å². The van der Waals surface area contributed by atoms with Gasteiger partial charge in [-0.05, 0) is 36.4 Å². The first-order valence-electron chi connectivity index (χ1n) is 5.22. The lowest BCUT2D eigenvalue weighted by atomic mass is 10.3. The molecule has 8 heteroatoms. The molecule has 0 heterocycles. The van der Waals surface area contributed by atoms with Gasteiger partial charge in [0.05, 0.1) is 14.9 Å². The number of hydrogen-bond acceptors (Lipinski definition) is 3. The molecular weight excluding hydrogens is 389 g/mol. The Morgan fingerprint density at radius 2 is 1.70 bits per heavy atom. The molecule has 0 bridgehead atoms. The molecule has 106 valence electrons. The predicted octanol–water partition coefficient (Wildman–Crippen LogP) is 4.20. The highest BCUT2D eigenvalue weighted by Crippen LogP contribution is 2.35. The fraction of sp³-hybridized carbons (Fsp3) is 0. The Balaban J connectivity index is 2.38. The Hall–Kier alpha value is -0.790. The van der Waals surface area contributed by atoms with Gasteiger partial charge in [-0.2, -0.15) is 0 Å². The Kier molecular flexibility index (Phi) is 4.61. The van der Waals surface area contributed by atoms with Crippen molar-refractivity contribution in [1.29, 1.82) is 0 Å². The van der Waals surface area contributed by atoms with E-state index in [1.54, 1.807) is 18.2 Å². The molecule has 0 aliphatic rings. The first kappa shape index (κ1) is 15.6. The van der Waals surface area contributed by atoms with Gasteiger partial charge in [0.15, 0.2) is 0 Å². The number of rotatable bonds is 3. The summed E-state index contributed by atoms with van der Waals surface area (Å²) in [5.41, 5.74) is 0. The van der Waals surface area contributed by atoms with Crippen molar-refractivity contribution in [2.75, 3.05) is 0 Å². The molecule has 2 rings (SSSR count). The summed E-state index contributed by atoms with van der Waals surface area (Å²) in [4.78, 5) is -0.0878. The molecule has 4 nitrogen and oxygen atoms in total. The number of ether oxygens (including phenoxy) is 1. The van der Waals surface area contributed by atoms with E-state index in [9.17, 15) is 8.42 Å². The van der Waals surface area contributed by atoms with E-state index in [0.29, 0.717) is 10.8 Å². The van der Waals surface area contributed by atoms with Crippen LogP contribution < -0.4 is 9.88 Å². The molecule has 0 aromatic heterocycles. The zero-order valence-electron chi connectivity index (χ0n) is 9.81. The second-order valence-electron chi connectivity index (χ2n) is 3.81. The van der Waals surface area contributed by atoms with Crippen LogP contribution in [0.15, 0.2) is 45.8 Å². The molecule has 0 amide bonds. The molecule has 0 aliphatic carbocycles. The van der Waals surface area contributed by atoms with Crippen LogP contribution in [0.25, 0.3) is 0 Å². The predicted molar refractivity (Wildman–Crippen MR) is 82.1 cm³/mol. The summed E-state index contributed by atoms with van der Waals surface area (Å²) in [6, 6.07) is 9.04. The summed E-state index contributed by atoms with van der Waals surface area (Å²) in [6.45, 7) is 0. The highest BCUT2D eigenvalue weighted by Gasteiger charge is 2.13. The first-order valence-corrected chi connectivity index (χ1v) is 8.32. The fourth-order valence-electron chi connectivity index (χ4n) is 1.42. The van der Waals surface area contributed by atoms with Crippen molar-refractivity contribution >= 4 is 49.2 Å². The Bertz CT molecular complexity index is 765. The summed E-state index contributed by atoms with van der Waals surface area (Å²) in [6.07, 6.45) is 0. The van der Waals surface area contributed by atoms with Crippen molar-refractivity contribution in [1.82, 2.24) is 0 Å². The summed E-state index contributed by atoms with van der Waals surface area (Å²) in [5, 5.41) is 5.54. The number of primary sulfonamides is 1. The normalized spacial score (nSPS) is 11.4. The molecule has 0 atom stereocenters. The topological polar surface area (TPSA) is 69.4 Å². The minimum atomic E-state index is -3.80. The van der Waals surface area contributed by atoms with Crippen molar-refractivity contribution in [2.24, 2.45) is 5.14 Å². The van der Waals surface area contributed by atoms with Gasteiger partial charge in [-0.1, -0.05) is 39.1 Å². The maximum absolute atomic E-state index is 11.2. The van der Waals surface area contributed by atoms with Crippen LogP contribution in [-0.4, -0.2) is 8.42 Å². The molecule has 0 fully saturated rings. The molecule has 0 radical (unpaired) electrons. The summed E-state index contributed by atoms with van der Waals surface area (Å²) >= 11 is 15.3. The van der Waals surface area contributed by atoms with Crippen molar-refractivity contribution in [3.05, 3.63) is 50.9 Å². The van der Waals surface area contributed by atoms with Crippen LogP contribution in [0.1, 0.15) is 0 Å². The van der Waals surface area contributed by atoms with E-state index >= 15 is 0 Å². The maximum atomic E-state index is 11.2. The fourth-order valence-corrected chi connectivity index (χ4v) is 2.74. The zero-order chi connectivity index (χ0) is 14.9. The van der Waals surface area contributed by atoms with Gasteiger partial charge >= 0.3 is 0 Å². The van der Waals surface area contributed by atoms with Crippen LogP contribution in [0.2, 0.25) is 10.0 Å². The average Bonchev–Trinajstić information content (AvgIpc) is 2.35. The van der Waals surface area contributed by atoms with E-state index < -0.39 is 10.0 Å². The Morgan fingerprint density at radius 1 is 1.00 bits per heavy atom. The molecule has 2 N–H and O–H groups in total. The van der Waals surface area contributed by atoms with E-state index in [1.807, 2.05) is 0 Å². The van der Waals surface area contributed by atoms with Crippen LogP contribution in [0.3, 0.4) is 0 Å². The average molecular weight is 397 g/mol. The van der Waals surface area contributed by atoms with Crippen LogP contribution in [0.5, 0.6) is 11.5 Å². The van der Waals surface area contributed by atoms with E-state index in [2.05, 4.69) is 15.9 Å². The Morgan fingerprint density at radius 3 is 2.30 bits per heavy atom.